The molecule has 1 amide bonds. The average Bonchev–Trinajstić information content (AvgIpc) is 3.36. The van der Waals surface area contributed by atoms with Gasteiger partial charge in [0.05, 0.1) is 22.5 Å². The van der Waals surface area contributed by atoms with Crippen LogP contribution in [0.2, 0.25) is 0 Å². The van der Waals surface area contributed by atoms with Gasteiger partial charge in [-0.2, -0.15) is 0 Å². The Kier molecular flexibility index (Phi) is 5.55. The highest BCUT2D eigenvalue weighted by atomic mass is 32.1. The lowest BCUT2D eigenvalue weighted by molar-refractivity contribution is 0.102. The minimum absolute atomic E-state index is 0.196. The van der Waals surface area contributed by atoms with Crippen LogP contribution < -0.4 is 5.32 Å². The number of thiazole rings is 1. The predicted molar refractivity (Wildman–Crippen MR) is 150 cm³/mol. The van der Waals surface area contributed by atoms with Gasteiger partial charge in [0.1, 0.15) is 0 Å². The van der Waals surface area contributed by atoms with Crippen molar-refractivity contribution in [2.45, 2.75) is 13.8 Å². The number of benzene rings is 4. The van der Waals surface area contributed by atoms with E-state index in [-0.39, 0.29) is 5.91 Å². The first-order valence-electron chi connectivity index (χ1n) is 11.8. The smallest absolute Gasteiger partial charge is 0.258 e. The van der Waals surface area contributed by atoms with Crippen molar-refractivity contribution in [3.05, 3.63) is 113 Å². The van der Waals surface area contributed by atoms with Gasteiger partial charge in [-0.15, -0.1) is 11.3 Å². The second-order valence-electron chi connectivity index (χ2n) is 8.91. The predicted octanol–water partition coefficient (Wildman–Crippen LogP) is 8.05. The number of carbonyl (C=O) groups is 1. The molecule has 4 nitrogen and oxygen atoms in total. The van der Waals surface area contributed by atoms with Crippen LogP contribution in [-0.4, -0.2) is 15.9 Å². The SMILES string of the molecule is Cc1ccc(-c2cc(C(=O)Nc3nc(-c4cccc5ccccc45)cs3)c3ccccc3n2)c(C)c1. The second-order valence-corrected chi connectivity index (χ2v) is 9.77. The summed E-state index contributed by atoms with van der Waals surface area (Å²) in [7, 11) is 0. The highest BCUT2D eigenvalue weighted by Gasteiger charge is 2.17. The number of nitrogens with zero attached hydrogens (tertiary/aromatic N) is 2. The van der Waals surface area contributed by atoms with Crippen molar-refractivity contribution < 1.29 is 4.79 Å². The Morgan fingerprint density at radius 1 is 0.750 bits per heavy atom. The minimum atomic E-state index is -0.196. The first kappa shape index (κ1) is 22.1. The van der Waals surface area contributed by atoms with Crippen LogP contribution in [0.5, 0.6) is 0 Å². The molecule has 4 aromatic carbocycles. The van der Waals surface area contributed by atoms with Gasteiger partial charge in [0.25, 0.3) is 5.91 Å². The monoisotopic (exact) mass is 485 g/mol. The highest BCUT2D eigenvalue weighted by Crippen LogP contribution is 2.32. The molecule has 0 aliphatic carbocycles. The molecule has 6 rings (SSSR count). The Balaban J connectivity index is 1.37. The van der Waals surface area contributed by atoms with Crippen molar-refractivity contribution in [3.8, 4) is 22.5 Å². The fourth-order valence-electron chi connectivity index (χ4n) is 4.67. The van der Waals surface area contributed by atoms with E-state index in [1.54, 1.807) is 0 Å². The summed E-state index contributed by atoms with van der Waals surface area (Å²) in [6.45, 7) is 4.15. The molecule has 5 heteroatoms. The molecule has 0 fully saturated rings. The molecule has 6 aromatic rings. The number of amides is 1. The number of hydrogen-bond acceptors (Lipinski definition) is 4. The van der Waals surface area contributed by atoms with Gasteiger partial charge in [-0.1, -0.05) is 84.4 Å². The van der Waals surface area contributed by atoms with Crippen molar-refractivity contribution in [1.29, 1.82) is 0 Å². The maximum absolute atomic E-state index is 13.5. The van der Waals surface area contributed by atoms with Crippen LogP contribution in [0.15, 0.2) is 96.4 Å². The Labute approximate surface area is 213 Å². The van der Waals surface area contributed by atoms with Gasteiger partial charge in [0, 0.05) is 21.9 Å². The molecule has 0 bridgehead atoms. The Morgan fingerprint density at radius 2 is 1.53 bits per heavy atom. The second kappa shape index (κ2) is 9.02. The fourth-order valence-corrected chi connectivity index (χ4v) is 5.38. The largest absolute Gasteiger partial charge is 0.298 e. The third-order valence-corrected chi connectivity index (χ3v) is 7.17. The zero-order chi connectivity index (χ0) is 24.6. The van der Waals surface area contributed by atoms with Crippen LogP contribution in [0.25, 0.3) is 44.2 Å². The number of hydrogen-bond donors (Lipinski definition) is 1. The summed E-state index contributed by atoms with van der Waals surface area (Å²) in [6.07, 6.45) is 0. The van der Waals surface area contributed by atoms with Crippen LogP contribution in [0.1, 0.15) is 21.5 Å². The molecular formula is C31H23N3OS. The lowest BCUT2D eigenvalue weighted by Crippen LogP contribution is -2.13. The number of pyridine rings is 1. The van der Waals surface area contributed by atoms with E-state index >= 15 is 0 Å². The number of anilines is 1. The molecule has 0 spiro atoms. The van der Waals surface area contributed by atoms with E-state index in [2.05, 4.69) is 61.6 Å². The van der Waals surface area contributed by atoms with Gasteiger partial charge < -0.3 is 0 Å². The third-order valence-electron chi connectivity index (χ3n) is 6.41. The molecule has 0 unspecified atom stereocenters. The van der Waals surface area contributed by atoms with Crippen molar-refractivity contribution in [2.75, 3.05) is 5.32 Å². The first-order valence-corrected chi connectivity index (χ1v) is 12.7. The summed E-state index contributed by atoms with van der Waals surface area (Å²) in [6, 6.07) is 30.4. The lowest BCUT2D eigenvalue weighted by Gasteiger charge is -2.11. The topological polar surface area (TPSA) is 54.9 Å². The maximum Gasteiger partial charge on any atom is 0.258 e. The number of fused-ring (bicyclic) bond motifs is 2. The van der Waals surface area contributed by atoms with Gasteiger partial charge >= 0.3 is 0 Å². The maximum atomic E-state index is 13.5. The Morgan fingerprint density at radius 3 is 2.39 bits per heavy atom. The van der Waals surface area contributed by atoms with Crippen molar-refractivity contribution in [2.24, 2.45) is 0 Å². The van der Waals surface area contributed by atoms with Crippen LogP contribution in [0.3, 0.4) is 0 Å². The van der Waals surface area contributed by atoms with E-state index < -0.39 is 0 Å². The summed E-state index contributed by atoms with van der Waals surface area (Å²) < 4.78 is 0. The minimum Gasteiger partial charge on any atom is -0.298 e. The standard InChI is InChI=1S/C31H23N3OS/c1-19-14-15-22(20(2)16-19)28-17-26(25-11-5-6-13-27(25)32-28)30(35)34-31-33-29(18-36-31)24-12-7-9-21-8-3-4-10-23(21)24/h3-18H,1-2H3,(H,33,34,35). The number of aromatic nitrogens is 2. The zero-order valence-corrected chi connectivity index (χ0v) is 20.8. The van der Waals surface area contributed by atoms with Gasteiger partial charge in [0.15, 0.2) is 5.13 Å². The number of rotatable bonds is 4. The molecule has 174 valence electrons. The zero-order valence-electron chi connectivity index (χ0n) is 19.9. The lowest BCUT2D eigenvalue weighted by atomic mass is 9.99. The molecule has 0 aliphatic rings. The number of aryl methyl sites for hydroxylation is 2. The molecule has 36 heavy (non-hydrogen) atoms. The number of carbonyl (C=O) groups excluding carboxylic acids is 1. The number of para-hydroxylation sites is 1. The Bertz CT molecular complexity index is 1760. The summed E-state index contributed by atoms with van der Waals surface area (Å²) in [4.78, 5) is 23.2. The summed E-state index contributed by atoms with van der Waals surface area (Å²) >= 11 is 1.43. The average molecular weight is 486 g/mol. The van der Waals surface area contributed by atoms with Crippen LogP contribution in [0.4, 0.5) is 5.13 Å². The third kappa shape index (κ3) is 4.04. The normalized spacial score (nSPS) is 11.2. The number of nitrogens with one attached hydrogen (secondary N) is 1. The highest BCUT2D eigenvalue weighted by molar-refractivity contribution is 7.14. The van der Waals surface area contributed by atoms with Gasteiger partial charge in [-0.3, -0.25) is 10.1 Å². The molecule has 0 saturated carbocycles. The molecule has 0 aliphatic heterocycles. The molecule has 2 heterocycles. The summed E-state index contributed by atoms with van der Waals surface area (Å²) in [5.41, 5.74) is 7.40. The first-order chi connectivity index (χ1) is 17.6. The van der Waals surface area contributed by atoms with Crippen molar-refractivity contribution in [3.63, 3.8) is 0 Å². The van der Waals surface area contributed by atoms with Crippen LogP contribution in [-0.2, 0) is 0 Å². The van der Waals surface area contributed by atoms with Crippen LogP contribution >= 0.6 is 11.3 Å². The van der Waals surface area contributed by atoms with Gasteiger partial charge in [-0.05, 0) is 42.3 Å². The summed E-state index contributed by atoms with van der Waals surface area (Å²) in [5, 5.41) is 8.70. The van der Waals surface area contributed by atoms with Gasteiger partial charge in [-0.25, -0.2) is 9.97 Å². The van der Waals surface area contributed by atoms with Crippen molar-refractivity contribution >= 4 is 44.1 Å². The molecule has 0 radical (unpaired) electrons. The van der Waals surface area contributed by atoms with Gasteiger partial charge in [0.2, 0.25) is 0 Å². The van der Waals surface area contributed by atoms with E-state index in [0.29, 0.717) is 10.7 Å². The molecular weight excluding hydrogens is 462 g/mol. The molecule has 1 N–H and O–H groups in total. The van der Waals surface area contributed by atoms with E-state index in [4.69, 9.17) is 9.97 Å². The van der Waals surface area contributed by atoms with Crippen LogP contribution in [0, 0.1) is 13.8 Å². The van der Waals surface area contributed by atoms with E-state index in [9.17, 15) is 4.79 Å². The molecule has 2 aromatic heterocycles. The fraction of sp³-hybridized carbons (Fsp3) is 0.0645. The summed E-state index contributed by atoms with van der Waals surface area (Å²) in [5.74, 6) is -0.196. The van der Waals surface area contributed by atoms with E-state index in [1.807, 2.05) is 53.9 Å². The molecule has 0 saturated heterocycles. The van der Waals surface area contributed by atoms with E-state index in [0.717, 1.165) is 49.8 Å². The molecule has 0 atom stereocenters. The van der Waals surface area contributed by atoms with E-state index in [1.165, 1.54) is 16.9 Å². The quantitative estimate of drug-likeness (QED) is 0.275. The Hall–Kier alpha value is -4.35. The van der Waals surface area contributed by atoms with Crippen molar-refractivity contribution in [1.82, 2.24) is 9.97 Å².